The number of aromatic amines is 1. The Morgan fingerprint density at radius 1 is 1.29 bits per heavy atom. The number of rotatable bonds is 5. The normalized spacial score (nSPS) is 12.7. The Bertz CT molecular complexity index is 868. The second-order valence-corrected chi connectivity index (χ2v) is 5.90. The number of fused-ring (bicyclic) bond motifs is 1. The van der Waals surface area contributed by atoms with Crippen molar-refractivity contribution in [3.63, 3.8) is 0 Å². The summed E-state index contributed by atoms with van der Waals surface area (Å²) in [6.07, 6.45) is 0. The highest BCUT2D eigenvalue weighted by atomic mass is 16.4. The average molecular weight is 329 g/mol. The molecule has 3 N–H and O–H groups in total. The second-order valence-electron chi connectivity index (χ2n) is 5.90. The third-order valence-corrected chi connectivity index (χ3v) is 3.61. The van der Waals surface area contributed by atoms with Crippen LogP contribution in [0.15, 0.2) is 22.6 Å². The number of aromatic nitrogens is 4. The van der Waals surface area contributed by atoms with E-state index in [0.29, 0.717) is 34.2 Å². The molecule has 1 atom stereocenters. The lowest BCUT2D eigenvalue weighted by Gasteiger charge is -2.10. The first-order valence-electron chi connectivity index (χ1n) is 7.71. The number of hydrogen-bond acceptors (Lipinski definition) is 6. The van der Waals surface area contributed by atoms with Gasteiger partial charge in [0.15, 0.2) is 0 Å². The summed E-state index contributed by atoms with van der Waals surface area (Å²) in [5.41, 5.74) is 1.87. The number of H-pyrrole nitrogens is 1. The number of carbonyl (C=O) groups is 1. The van der Waals surface area contributed by atoms with E-state index in [1.807, 2.05) is 13.8 Å². The topological polar surface area (TPSA) is 117 Å². The van der Waals surface area contributed by atoms with Gasteiger partial charge in [0.25, 0.3) is 5.91 Å². The van der Waals surface area contributed by atoms with Crippen molar-refractivity contribution in [2.45, 2.75) is 39.3 Å². The van der Waals surface area contributed by atoms with Crippen LogP contribution in [0, 0.1) is 0 Å². The van der Waals surface area contributed by atoms with E-state index in [4.69, 9.17) is 9.52 Å². The molecule has 0 fully saturated rings. The molecule has 0 saturated heterocycles. The van der Waals surface area contributed by atoms with E-state index in [1.165, 1.54) is 0 Å². The third-order valence-electron chi connectivity index (χ3n) is 3.61. The molecule has 1 amide bonds. The fourth-order valence-corrected chi connectivity index (χ4v) is 2.28. The maximum absolute atomic E-state index is 12.4. The Morgan fingerprint density at radius 3 is 2.71 bits per heavy atom. The Kier molecular flexibility index (Phi) is 4.30. The van der Waals surface area contributed by atoms with Crippen LogP contribution in [0.4, 0.5) is 0 Å². The van der Waals surface area contributed by atoms with Gasteiger partial charge in [0.05, 0.1) is 11.0 Å². The highest BCUT2D eigenvalue weighted by molar-refractivity contribution is 5.97. The number of aliphatic hydroxyl groups is 1. The molecule has 0 aliphatic heterocycles. The Balaban J connectivity index is 1.75. The molecule has 1 aromatic carbocycles. The molecule has 8 heteroatoms. The van der Waals surface area contributed by atoms with Crippen molar-refractivity contribution in [1.29, 1.82) is 0 Å². The zero-order valence-corrected chi connectivity index (χ0v) is 13.7. The standard InChI is InChI=1S/C16H19N5O3/c1-8(2)15-20-21-16(24-15)9(3)17-14(23)10-4-5-11-12(6-10)19-13(7-22)18-11/h4-6,8-9,22H,7H2,1-3H3,(H,17,23)(H,18,19). The molecule has 0 bridgehead atoms. The van der Waals surface area contributed by atoms with Gasteiger partial charge in [-0.15, -0.1) is 10.2 Å². The molecule has 0 radical (unpaired) electrons. The van der Waals surface area contributed by atoms with Gasteiger partial charge in [0.2, 0.25) is 11.8 Å². The van der Waals surface area contributed by atoms with Crippen molar-refractivity contribution in [1.82, 2.24) is 25.5 Å². The summed E-state index contributed by atoms with van der Waals surface area (Å²) in [5, 5.41) is 19.9. The summed E-state index contributed by atoms with van der Waals surface area (Å²) in [5.74, 6) is 1.26. The molecular formula is C16H19N5O3. The number of aliphatic hydroxyl groups excluding tert-OH is 1. The van der Waals surface area contributed by atoms with Crippen LogP contribution in [0.3, 0.4) is 0 Å². The second kappa shape index (κ2) is 6.40. The summed E-state index contributed by atoms with van der Waals surface area (Å²) < 4.78 is 5.55. The van der Waals surface area contributed by atoms with Crippen molar-refractivity contribution in [3.8, 4) is 0 Å². The van der Waals surface area contributed by atoms with E-state index in [-0.39, 0.29) is 18.4 Å². The van der Waals surface area contributed by atoms with Crippen molar-refractivity contribution >= 4 is 16.9 Å². The van der Waals surface area contributed by atoms with E-state index in [1.54, 1.807) is 25.1 Å². The number of nitrogens with one attached hydrogen (secondary N) is 2. The lowest BCUT2D eigenvalue weighted by atomic mass is 10.1. The fourth-order valence-electron chi connectivity index (χ4n) is 2.28. The SMILES string of the molecule is CC(C)c1nnc(C(C)NC(=O)c2ccc3nc(CO)[nH]c3c2)o1. The number of nitrogens with zero attached hydrogens (tertiary/aromatic N) is 3. The van der Waals surface area contributed by atoms with Crippen LogP contribution in [0.2, 0.25) is 0 Å². The minimum absolute atomic E-state index is 0.137. The lowest BCUT2D eigenvalue weighted by Crippen LogP contribution is -2.26. The molecule has 8 nitrogen and oxygen atoms in total. The zero-order valence-electron chi connectivity index (χ0n) is 13.7. The van der Waals surface area contributed by atoms with Gasteiger partial charge in [0.1, 0.15) is 18.5 Å². The number of benzene rings is 1. The molecule has 3 aromatic rings. The van der Waals surface area contributed by atoms with Gasteiger partial charge in [-0.2, -0.15) is 0 Å². The largest absolute Gasteiger partial charge is 0.423 e. The minimum Gasteiger partial charge on any atom is -0.423 e. The van der Waals surface area contributed by atoms with Gasteiger partial charge in [-0.05, 0) is 25.1 Å². The molecule has 0 saturated carbocycles. The molecule has 2 aromatic heterocycles. The first kappa shape index (κ1) is 16.1. The minimum atomic E-state index is -0.400. The molecule has 24 heavy (non-hydrogen) atoms. The zero-order chi connectivity index (χ0) is 17.3. The smallest absolute Gasteiger partial charge is 0.251 e. The lowest BCUT2D eigenvalue weighted by molar-refractivity contribution is 0.0934. The van der Waals surface area contributed by atoms with E-state index in [0.717, 1.165) is 0 Å². The van der Waals surface area contributed by atoms with Crippen molar-refractivity contribution in [2.24, 2.45) is 0 Å². The van der Waals surface area contributed by atoms with Gasteiger partial charge < -0.3 is 19.8 Å². The molecule has 0 spiro atoms. The quantitative estimate of drug-likeness (QED) is 0.659. The predicted octanol–water partition coefficient (Wildman–Crippen LogP) is 2.05. The number of imidazole rings is 1. The van der Waals surface area contributed by atoms with Crippen LogP contribution >= 0.6 is 0 Å². The van der Waals surface area contributed by atoms with Crippen LogP contribution in [0.25, 0.3) is 11.0 Å². The van der Waals surface area contributed by atoms with Crippen LogP contribution in [0.1, 0.15) is 60.7 Å². The van der Waals surface area contributed by atoms with Gasteiger partial charge in [0, 0.05) is 11.5 Å². The first-order chi connectivity index (χ1) is 11.5. The van der Waals surface area contributed by atoms with Crippen molar-refractivity contribution in [2.75, 3.05) is 0 Å². The number of carbonyl (C=O) groups excluding carboxylic acids is 1. The molecule has 126 valence electrons. The predicted molar refractivity (Wildman–Crippen MR) is 86.3 cm³/mol. The molecule has 2 heterocycles. The van der Waals surface area contributed by atoms with Gasteiger partial charge >= 0.3 is 0 Å². The maximum Gasteiger partial charge on any atom is 0.251 e. The highest BCUT2D eigenvalue weighted by Gasteiger charge is 2.18. The third kappa shape index (κ3) is 3.13. The maximum atomic E-state index is 12.4. The Morgan fingerprint density at radius 2 is 2.04 bits per heavy atom. The molecule has 0 aliphatic rings. The summed E-state index contributed by atoms with van der Waals surface area (Å²) in [6.45, 7) is 5.53. The summed E-state index contributed by atoms with van der Waals surface area (Å²) in [6, 6.07) is 4.70. The monoisotopic (exact) mass is 329 g/mol. The van der Waals surface area contributed by atoms with Gasteiger partial charge in [-0.1, -0.05) is 13.8 Å². The first-order valence-corrected chi connectivity index (χ1v) is 7.71. The fraction of sp³-hybridized carbons (Fsp3) is 0.375. The molecule has 0 aliphatic carbocycles. The Hall–Kier alpha value is -2.74. The van der Waals surface area contributed by atoms with Crippen molar-refractivity contribution < 1.29 is 14.3 Å². The van der Waals surface area contributed by atoms with Crippen LogP contribution < -0.4 is 5.32 Å². The molecule has 3 rings (SSSR count). The number of amides is 1. The van der Waals surface area contributed by atoms with Crippen LogP contribution in [-0.4, -0.2) is 31.2 Å². The van der Waals surface area contributed by atoms with Gasteiger partial charge in [-0.25, -0.2) is 4.98 Å². The Labute approximate surface area is 138 Å². The van der Waals surface area contributed by atoms with E-state index in [9.17, 15) is 4.79 Å². The van der Waals surface area contributed by atoms with E-state index >= 15 is 0 Å². The van der Waals surface area contributed by atoms with E-state index < -0.39 is 6.04 Å². The summed E-state index contributed by atoms with van der Waals surface area (Å²) in [7, 11) is 0. The number of hydrogen-bond donors (Lipinski definition) is 3. The van der Waals surface area contributed by atoms with Gasteiger partial charge in [-0.3, -0.25) is 4.79 Å². The molecular weight excluding hydrogens is 310 g/mol. The van der Waals surface area contributed by atoms with E-state index in [2.05, 4.69) is 25.5 Å². The highest BCUT2D eigenvalue weighted by Crippen LogP contribution is 2.18. The van der Waals surface area contributed by atoms with Crippen molar-refractivity contribution in [3.05, 3.63) is 41.4 Å². The molecule has 1 unspecified atom stereocenters. The van der Waals surface area contributed by atoms with Crippen LogP contribution in [0.5, 0.6) is 0 Å². The van der Waals surface area contributed by atoms with Crippen LogP contribution in [-0.2, 0) is 6.61 Å². The summed E-state index contributed by atoms with van der Waals surface area (Å²) in [4.78, 5) is 19.6. The average Bonchev–Trinajstić information content (AvgIpc) is 3.20. The summed E-state index contributed by atoms with van der Waals surface area (Å²) >= 11 is 0.